The highest BCUT2D eigenvalue weighted by molar-refractivity contribution is 5.99. The first-order valence-corrected chi connectivity index (χ1v) is 10.6. The third-order valence-corrected chi connectivity index (χ3v) is 6.08. The third kappa shape index (κ3) is 4.25. The molecule has 0 spiro atoms. The van der Waals surface area contributed by atoms with Gasteiger partial charge in [0.25, 0.3) is 11.8 Å². The lowest BCUT2D eigenvalue weighted by atomic mass is 9.92. The summed E-state index contributed by atoms with van der Waals surface area (Å²) in [5.74, 6) is -3.85. The minimum Gasteiger partial charge on any atom is -0.503 e. The van der Waals surface area contributed by atoms with E-state index in [-0.39, 0.29) is 43.5 Å². The van der Waals surface area contributed by atoms with Gasteiger partial charge < -0.3 is 25.0 Å². The van der Waals surface area contributed by atoms with Gasteiger partial charge >= 0.3 is 0 Å². The molecule has 1 aliphatic carbocycles. The highest BCUT2D eigenvalue weighted by Gasteiger charge is 2.36. The van der Waals surface area contributed by atoms with Crippen molar-refractivity contribution in [3.05, 3.63) is 74.7 Å². The van der Waals surface area contributed by atoms with Crippen molar-refractivity contribution in [1.82, 2.24) is 14.8 Å². The van der Waals surface area contributed by atoms with Gasteiger partial charge in [-0.15, -0.1) is 0 Å². The Morgan fingerprint density at radius 2 is 2.00 bits per heavy atom. The summed E-state index contributed by atoms with van der Waals surface area (Å²) in [6.45, 7) is 0.0353. The maximum absolute atomic E-state index is 13.8. The number of aromatic nitrogens is 1. The number of hydrogen-bond donors (Lipinski definition) is 3. The summed E-state index contributed by atoms with van der Waals surface area (Å²) in [4.78, 5) is 39.9. The quantitative estimate of drug-likeness (QED) is 0.590. The Morgan fingerprint density at radius 3 is 2.73 bits per heavy atom. The third-order valence-electron chi connectivity index (χ3n) is 6.08. The SMILES string of the molecule is O=C(NCc1ccc(F)cc1F)c1cn2c(c(O)c1=O)C(=O)N([C@H]1CCCC=C1CO)CC2. The predicted molar refractivity (Wildman–Crippen MR) is 114 cm³/mol. The maximum atomic E-state index is 13.8. The van der Waals surface area contributed by atoms with Crippen LogP contribution >= 0.6 is 0 Å². The second-order valence-electron chi connectivity index (χ2n) is 8.06. The Hall–Kier alpha value is -3.53. The highest BCUT2D eigenvalue weighted by atomic mass is 19.1. The van der Waals surface area contributed by atoms with E-state index in [2.05, 4.69) is 5.32 Å². The first-order valence-electron chi connectivity index (χ1n) is 10.6. The summed E-state index contributed by atoms with van der Waals surface area (Å²) in [5, 5.41) is 22.5. The van der Waals surface area contributed by atoms with Crippen molar-refractivity contribution in [2.45, 2.75) is 38.4 Å². The first-order chi connectivity index (χ1) is 15.8. The monoisotopic (exact) mass is 459 g/mol. The minimum atomic E-state index is -1.02. The molecule has 1 aliphatic heterocycles. The van der Waals surface area contributed by atoms with Gasteiger partial charge in [-0.2, -0.15) is 0 Å². The minimum absolute atomic E-state index is 0.0260. The van der Waals surface area contributed by atoms with Gasteiger partial charge in [-0.3, -0.25) is 14.4 Å². The topological polar surface area (TPSA) is 112 Å². The zero-order valence-corrected chi connectivity index (χ0v) is 17.7. The number of rotatable bonds is 5. The van der Waals surface area contributed by atoms with Gasteiger partial charge in [-0.1, -0.05) is 12.1 Å². The molecule has 2 aromatic rings. The lowest BCUT2D eigenvalue weighted by Crippen LogP contribution is -2.49. The van der Waals surface area contributed by atoms with Crippen molar-refractivity contribution < 1.29 is 28.6 Å². The number of allylic oxidation sites excluding steroid dienone is 1. The number of nitrogens with one attached hydrogen (secondary N) is 1. The Kier molecular flexibility index (Phi) is 6.28. The summed E-state index contributed by atoms with van der Waals surface area (Å²) in [5.41, 5.74) is -0.869. The number of hydrogen-bond acceptors (Lipinski definition) is 5. The average Bonchev–Trinajstić information content (AvgIpc) is 2.80. The van der Waals surface area contributed by atoms with E-state index in [1.807, 2.05) is 6.08 Å². The number of carbonyl (C=O) groups is 2. The zero-order chi connectivity index (χ0) is 23.7. The van der Waals surface area contributed by atoms with E-state index in [0.717, 1.165) is 24.5 Å². The van der Waals surface area contributed by atoms with Crippen LogP contribution in [0.15, 0.2) is 40.8 Å². The van der Waals surface area contributed by atoms with Crippen molar-refractivity contribution in [3.63, 3.8) is 0 Å². The molecule has 10 heteroatoms. The molecule has 1 atom stereocenters. The van der Waals surface area contributed by atoms with Gasteiger partial charge in [0.15, 0.2) is 11.4 Å². The zero-order valence-electron chi connectivity index (χ0n) is 17.7. The molecule has 1 aromatic heterocycles. The normalized spacial score (nSPS) is 18.0. The molecule has 33 heavy (non-hydrogen) atoms. The number of amides is 2. The molecule has 0 bridgehead atoms. The number of aliphatic hydroxyl groups excluding tert-OH is 1. The van der Waals surface area contributed by atoms with Gasteiger partial charge in [0.05, 0.1) is 12.6 Å². The smallest absolute Gasteiger partial charge is 0.275 e. The number of aliphatic hydroxyl groups is 1. The molecule has 2 amide bonds. The van der Waals surface area contributed by atoms with Crippen LogP contribution in [0.5, 0.6) is 5.75 Å². The van der Waals surface area contributed by atoms with Crippen LogP contribution in [0, 0.1) is 11.6 Å². The number of halogens is 2. The van der Waals surface area contributed by atoms with Gasteiger partial charge in [-0.25, -0.2) is 8.78 Å². The van der Waals surface area contributed by atoms with Gasteiger partial charge in [0.2, 0.25) is 5.43 Å². The lowest BCUT2D eigenvalue weighted by molar-refractivity contribution is 0.0614. The van der Waals surface area contributed by atoms with E-state index in [0.29, 0.717) is 12.5 Å². The summed E-state index contributed by atoms with van der Waals surface area (Å²) < 4.78 is 28.2. The molecule has 2 aliphatic rings. The fourth-order valence-electron chi connectivity index (χ4n) is 4.34. The van der Waals surface area contributed by atoms with Crippen LogP contribution in [0.4, 0.5) is 8.78 Å². The van der Waals surface area contributed by atoms with E-state index in [9.17, 15) is 33.4 Å². The van der Waals surface area contributed by atoms with Crippen LogP contribution in [0.25, 0.3) is 0 Å². The van der Waals surface area contributed by atoms with Crippen molar-refractivity contribution in [2.75, 3.05) is 13.2 Å². The molecule has 0 saturated heterocycles. The number of aromatic hydroxyl groups is 1. The van der Waals surface area contributed by atoms with E-state index in [4.69, 9.17) is 0 Å². The molecular weight excluding hydrogens is 436 g/mol. The van der Waals surface area contributed by atoms with Gasteiger partial charge in [-0.05, 0) is 30.9 Å². The van der Waals surface area contributed by atoms with Crippen LogP contribution in [-0.4, -0.2) is 50.7 Å². The van der Waals surface area contributed by atoms with Crippen LogP contribution < -0.4 is 10.7 Å². The predicted octanol–water partition coefficient (Wildman–Crippen LogP) is 1.69. The van der Waals surface area contributed by atoms with Gasteiger partial charge in [0.1, 0.15) is 17.2 Å². The van der Waals surface area contributed by atoms with Crippen LogP contribution in [-0.2, 0) is 13.1 Å². The molecule has 8 nitrogen and oxygen atoms in total. The number of nitrogens with zero attached hydrogens (tertiary/aromatic N) is 2. The molecule has 0 radical (unpaired) electrons. The van der Waals surface area contributed by atoms with Crippen molar-refractivity contribution >= 4 is 11.8 Å². The fourth-order valence-corrected chi connectivity index (χ4v) is 4.34. The van der Waals surface area contributed by atoms with E-state index in [1.54, 1.807) is 0 Å². The molecule has 3 N–H and O–H groups in total. The Morgan fingerprint density at radius 1 is 1.21 bits per heavy atom. The van der Waals surface area contributed by atoms with E-state index >= 15 is 0 Å². The molecule has 0 unspecified atom stereocenters. The number of carbonyl (C=O) groups excluding carboxylic acids is 2. The fraction of sp³-hybridized carbons (Fsp3) is 0.348. The summed E-state index contributed by atoms with van der Waals surface area (Å²) in [6, 6.07) is 2.59. The van der Waals surface area contributed by atoms with E-state index in [1.165, 1.54) is 21.7 Å². The largest absolute Gasteiger partial charge is 0.503 e. The molecule has 0 fully saturated rings. The lowest BCUT2D eigenvalue weighted by Gasteiger charge is -2.38. The Labute approximate surface area is 187 Å². The molecule has 174 valence electrons. The van der Waals surface area contributed by atoms with E-state index < -0.39 is 40.2 Å². The summed E-state index contributed by atoms with van der Waals surface area (Å²) in [6.07, 6.45) is 5.44. The number of fused-ring (bicyclic) bond motifs is 1. The summed E-state index contributed by atoms with van der Waals surface area (Å²) >= 11 is 0. The first kappa shape index (κ1) is 22.7. The summed E-state index contributed by atoms with van der Waals surface area (Å²) in [7, 11) is 0. The standard InChI is InChI=1S/C23H23F2N3O5/c24-15-6-5-13(17(25)9-15)10-26-22(32)16-11-27-7-8-28(18-4-2-1-3-14(18)12-29)23(33)19(27)21(31)20(16)30/h3,5-6,9,11,18,29,31H,1-2,4,7-8,10,12H2,(H,26,32)/t18-/m0/s1. The van der Waals surface area contributed by atoms with Gasteiger partial charge in [0, 0.05) is 37.5 Å². The van der Waals surface area contributed by atoms with Crippen LogP contribution in [0.1, 0.15) is 45.7 Å². The van der Waals surface area contributed by atoms with Crippen molar-refractivity contribution in [1.29, 1.82) is 0 Å². The van der Waals surface area contributed by atoms with Crippen molar-refractivity contribution in [2.24, 2.45) is 0 Å². The number of benzene rings is 1. The Bertz CT molecular complexity index is 1210. The average molecular weight is 459 g/mol. The second-order valence-corrected chi connectivity index (χ2v) is 8.06. The van der Waals surface area contributed by atoms with Crippen molar-refractivity contribution in [3.8, 4) is 5.75 Å². The number of pyridine rings is 1. The highest BCUT2D eigenvalue weighted by Crippen LogP contribution is 2.28. The molecule has 1 aromatic carbocycles. The molecule has 2 heterocycles. The Balaban J connectivity index is 1.58. The second kappa shape index (κ2) is 9.14. The molecule has 0 saturated carbocycles. The van der Waals surface area contributed by atoms with Crippen LogP contribution in [0.2, 0.25) is 0 Å². The maximum Gasteiger partial charge on any atom is 0.275 e. The van der Waals surface area contributed by atoms with Crippen LogP contribution in [0.3, 0.4) is 0 Å². The molecule has 4 rings (SSSR count). The molecular formula is C23H23F2N3O5.